The summed E-state index contributed by atoms with van der Waals surface area (Å²) in [5.41, 5.74) is 0. The molecule has 0 saturated heterocycles. The number of alkyl halides is 4. The van der Waals surface area contributed by atoms with E-state index in [4.69, 9.17) is 0 Å². The van der Waals surface area contributed by atoms with Gasteiger partial charge in [0.25, 0.3) is 0 Å². The van der Waals surface area contributed by atoms with Gasteiger partial charge in [0.2, 0.25) is 0 Å². The Morgan fingerprint density at radius 2 is 1.50 bits per heavy atom. The third-order valence-electron chi connectivity index (χ3n) is 0.547. The van der Waals surface area contributed by atoms with E-state index in [-0.39, 0.29) is 0 Å². The van der Waals surface area contributed by atoms with Crippen molar-refractivity contribution < 1.29 is 17.6 Å². The van der Waals surface area contributed by atoms with Gasteiger partial charge < -0.3 is 0 Å². The van der Waals surface area contributed by atoms with Crippen molar-refractivity contribution in [2.24, 2.45) is 0 Å². The fourth-order valence-corrected chi connectivity index (χ4v) is 0.242. The summed E-state index contributed by atoms with van der Waals surface area (Å²) in [4.78, 5) is 0. The summed E-state index contributed by atoms with van der Waals surface area (Å²) in [6, 6.07) is 0. The molecule has 0 amide bonds. The molecular formula is C8H2F4. The fourth-order valence-electron chi connectivity index (χ4n) is 0.242. The van der Waals surface area contributed by atoms with Gasteiger partial charge in [0.05, 0.1) is 0 Å². The third-order valence-corrected chi connectivity index (χ3v) is 0.547. The van der Waals surface area contributed by atoms with Crippen LogP contribution in [0.3, 0.4) is 0 Å². The molecule has 0 rings (SSSR count). The molecule has 0 aliphatic rings. The molecule has 0 radical (unpaired) electrons. The summed E-state index contributed by atoms with van der Waals surface area (Å²) in [5.74, 6) is 10.0. The molecule has 0 heterocycles. The summed E-state index contributed by atoms with van der Waals surface area (Å²) in [7, 11) is 0. The molecule has 0 spiro atoms. The van der Waals surface area contributed by atoms with E-state index in [9.17, 15) is 17.6 Å². The molecule has 0 nitrogen and oxygen atoms in total. The number of hydrogen-bond donors (Lipinski definition) is 0. The second-order valence-corrected chi connectivity index (χ2v) is 1.43. The van der Waals surface area contributed by atoms with Gasteiger partial charge in [-0.2, -0.15) is 13.2 Å². The zero-order valence-electron chi connectivity index (χ0n) is 5.72. The quantitative estimate of drug-likeness (QED) is 0.386. The molecule has 0 aliphatic heterocycles. The minimum atomic E-state index is -4.54. The van der Waals surface area contributed by atoms with Crippen molar-refractivity contribution in [2.75, 3.05) is 6.67 Å². The molecule has 0 aromatic heterocycles. The Morgan fingerprint density at radius 3 is 2.00 bits per heavy atom. The van der Waals surface area contributed by atoms with Crippen molar-refractivity contribution in [3.8, 4) is 35.5 Å². The van der Waals surface area contributed by atoms with E-state index in [0.717, 1.165) is 5.92 Å². The smallest absolute Gasteiger partial charge is 0.237 e. The van der Waals surface area contributed by atoms with Gasteiger partial charge in [-0.3, -0.25) is 0 Å². The molecule has 0 saturated carbocycles. The van der Waals surface area contributed by atoms with Gasteiger partial charge in [-0.15, -0.1) is 0 Å². The predicted molar refractivity (Wildman–Crippen MR) is 35.4 cm³/mol. The normalized spacial score (nSPS) is 8.00. The minimum absolute atomic E-state index is 0.874. The average molecular weight is 174 g/mol. The van der Waals surface area contributed by atoms with Crippen LogP contribution in [0.25, 0.3) is 0 Å². The van der Waals surface area contributed by atoms with Crippen LogP contribution in [0, 0.1) is 35.5 Å². The molecule has 4 heteroatoms. The highest BCUT2D eigenvalue weighted by Gasteiger charge is 2.22. The molecule has 0 unspecified atom stereocenters. The zero-order valence-corrected chi connectivity index (χ0v) is 5.72. The van der Waals surface area contributed by atoms with Gasteiger partial charge in [0.1, 0.15) is 0 Å². The Bertz CT molecular complexity index is 305. The maximum Gasteiger partial charge on any atom is 0.458 e. The second kappa shape index (κ2) is 5.10. The Balaban J connectivity index is 4.08. The average Bonchev–Trinajstić information content (AvgIpc) is 1.94. The predicted octanol–water partition coefficient (Wildman–Crippen LogP) is 1.53. The Morgan fingerprint density at radius 1 is 0.917 bits per heavy atom. The van der Waals surface area contributed by atoms with Crippen molar-refractivity contribution in [2.45, 2.75) is 6.18 Å². The van der Waals surface area contributed by atoms with E-state index < -0.39 is 12.9 Å². The summed E-state index contributed by atoms with van der Waals surface area (Å²) < 4.78 is 45.1. The zero-order chi connectivity index (χ0) is 9.45. The van der Waals surface area contributed by atoms with Gasteiger partial charge >= 0.3 is 6.18 Å². The highest BCUT2D eigenvalue weighted by molar-refractivity contribution is 5.36. The van der Waals surface area contributed by atoms with E-state index in [0.29, 0.717) is 0 Å². The van der Waals surface area contributed by atoms with Gasteiger partial charge in [-0.05, 0) is 23.7 Å². The lowest BCUT2D eigenvalue weighted by Gasteiger charge is -1.88. The molecule has 0 bridgehead atoms. The van der Waals surface area contributed by atoms with Crippen molar-refractivity contribution >= 4 is 0 Å². The van der Waals surface area contributed by atoms with Crippen LogP contribution in [0.5, 0.6) is 0 Å². The standard InChI is InChI=1S/C8H2F4/c9-7-5-3-1-2-4-6-8(10,11)12/h7H2. The van der Waals surface area contributed by atoms with E-state index in [1.165, 1.54) is 5.92 Å². The fraction of sp³-hybridized carbons (Fsp3) is 0.250. The number of hydrogen-bond acceptors (Lipinski definition) is 0. The van der Waals surface area contributed by atoms with Gasteiger partial charge in [-0.1, -0.05) is 5.92 Å². The molecule has 0 aromatic rings. The first-order valence-corrected chi connectivity index (χ1v) is 2.69. The summed E-state index contributed by atoms with van der Waals surface area (Å²) in [6.07, 6.45) is -4.54. The van der Waals surface area contributed by atoms with Crippen molar-refractivity contribution in [3.05, 3.63) is 0 Å². The Hall–Kier alpha value is -1.60. The largest absolute Gasteiger partial charge is 0.458 e. The second-order valence-electron chi connectivity index (χ2n) is 1.43. The first-order valence-electron chi connectivity index (χ1n) is 2.69. The maximum absolute atomic E-state index is 11.3. The summed E-state index contributed by atoms with van der Waals surface area (Å²) in [6.45, 7) is -0.874. The topological polar surface area (TPSA) is 0 Å². The van der Waals surface area contributed by atoms with Crippen molar-refractivity contribution in [3.63, 3.8) is 0 Å². The lowest BCUT2D eigenvalue weighted by atomic mass is 10.5. The van der Waals surface area contributed by atoms with E-state index in [1.807, 2.05) is 17.8 Å². The highest BCUT2D eigenvalue weighted by atomic mass is 19.4. The van der Waals surface area contributed by atoms with Crippen molar-refractivity contribution in [1.82, 2.24) is 0 Å². The van der Waals surface area contributed by atoms with Crippen LogP contribution < -0.4 is 0 Å². The monoisotopic (exact) mass is 174 g/mol. The highest BCUT2D eigenvalue weighted by Crippen LogP contribution is 2.11. The molecule has 0 aliphatic carbocycles. The first kappa shape index (κ1) is 10.4. The van der Waals surface area contributed by atoms with Crippen LogP contribution in [0.2, 0.25) is 0 Å². The van der Waals surface area contributed by atoms with Gasteiger partial charge in [0, 0.05) is 5.92 Å². The molecule has 0 atom stereocenters. The van der Waals surface area contributed by atoms with Crippen LogP contribution in [0.15, 0.2) is 0 Å². The van der Waals surface area contributed by atoms with E-state index in [2.05, 4.69) is 0 Å². The molecule has 0 N–H and O–H groups in total. The van der Waals surface area contributed by atoms with Gasteiger partial charge in [-0.25, -0.2) is 4.39 Å². The lowest BCUT2D eigenvalue weighted by Crippen LogP contribution is -2.00. The molecule has 0 aromatic carbocycles. The van der Waals surface area contributed by atoms with Gasteiger partial charge in [0.15, 0.2) is 6.67 Å². The minimum Gasteiger partial charge on any atom is -0.237 e. The summed E-state index contributed by atoms with van der Waals surface area (Å²) >= 11 is 0. The van der Waals surface area contributed by atoms with Crippen LogP contribution in [0.4, 0.5) is 17.6 Å². The lowest BCUT2D eigenvalue weighted by molar-refractivity contribution is -0.0696. The number of halogens is 4. The van der Waals surface area contributed by atoms with E-state index >= 15 is 0 Å². The van der Waals surface area contributed by atoms with Crippen LogP contribution in [-0.2, 0) is 0 Å². The van der Waals surface area contributed by atoms with Crippen LogP contribution in [0.1, 0.15) is 0 Å². The molecule has 12 heavy (non-hydrogen) atoms. The third kappa shape index (κ3) is 8.40. The van der Waals surface area contributed by atoms with Crippen LogP contribution in [-0.4, -0.2) is 12.9 Å². The SMILES string of the molecule is FCC#CC#CC#CC(F)(F)F. The Kier molecular flexibility index (Phi) is 4.42. The maximum atomic E-state index is 11.3. The summed E-state index contributed by atoms with van der Waals surface area (Å²) in [5, 5.41) is 0. The first-order chi connectivity index (χ1) is 5.56. The van der Waals surface area contributed by atoms with Crippen LogP contribution >= 0.6 is 0 Å². The molecular weight excluding hydrogens is 172 g/mol. The van der Waals surface area contributed by atoms with Crippen molar-refractivity contribution in [1.29, 1.82) is 0 Å². The Labute approximate surface area is 67.0 Å². The van der Waals surface area contributed by atoms with E-state index in [1.54, 1.807) is 5.92 Å². The number of rotatable bonds is 0. The molecule has 62 valence electrons. The molecule has 0 fully saturated rings.